The van der Waals surface area contributed by atoms with E-state index in [0.29, 0.717) is 5.82 Å². The topological polar surface area (TPSA) is 98.1 Å². The molecule has 0 radical (unpaired) electrons. The van der Waals surface area contributed by atoms with Gasteiger partial charge in [-0.05, 0) is 12.8 Å². The molecule has 4 N–H and O–H groups in total. The van der Waals surface area contributed by atoms with Crippen LogP contribution in [0.1, 0.15) is 38.7 Å². The molecule has 0 aliphatic rings. The summed E-state index contributed by atoms with van der Waals surface area (Å²) < 4.78 is 0. The van der Waals surface area contributed by atoms with E-state index in [1.165, 1.54) is 6.33 Å². The average Bonchev–Trinajstić information content (AvgIpc) is 2.37. The number of hydrogen-bond acceptors (Lipinski definition) is 5. The standard InChI is InChI=1S/C13H23N5O/c1-3-5-7-18(8-11(14)19)13-10(6-4-2)12(15)16-9-17-13/h9H,3-8H2,1-2H3,(H2,14,19)(H2,15,16,17). The highest BCUT2D eigenvalue weighted by Gasteiger charge is 2.16. The van der Waals surface area contributed by atoms with E-state index in [9.17, 15) is 4.79 Å². The molecule has 1 rings (SSSR count). The molecule has 1 amide bonds. The lowest BCUT2D eigenvalue weighted by Gasteiger charge is -2.24. The summed E-state index contributed by atoms with van der Waals surface area (Å²) in [6.45, 7) is 5.07. The Morgan fingerprint density at radius 1 is 1.32 bits per heavy atom. The van der Waals surface area contributed by atoms with Crippen LogP contribution in [0.25, 0.3) is 0 Å². The van der Waals surface area contributed by atoms with Gasteiger partial charge in [0.15, 0.2) is 0 Å². The van der Waals surface area contributed by atoms with Gasteiger partial charge in [0, 0.05) is 12.1 Å². The number of nitrogens with zero attached hydrogens (tertiary/aromatic N) is 3. The SMILES string of the molecule is CCCCN(CC(N)=O)c1ncnc(N)c1CCC. The van der Waals surface area contributed by atoms with Crippen LogP contribution in [0.3, 0.4) is 0 Å². The van der Waals surface area contributed by atoms with Gasteiger partial charge in [-0.25, -0.2) is 9.97 Å². The van der Waals surface area contributed by atoms with Gasteiger partial charge in [0.25, 0.3) is 0 Å². The molecule has 0 unspecified atom stereocenters. The van der Waals surface area contributed by atoms with Crippen molar-refractivity contribution in [1.82, 2.24) is 9.97 Å². The molecule has 6 nitrogen and oxygen atoms in total. The predicted octanol–water partition coefficient (Wildman–Crippen LogP) is 1.10. The summed E-state index contributed by atoms with van der Waals surface area (Å²) >= 11 is 0. The smallest absolute Gasteiger partial charge is 0.236 e. The molecule has 1 aromatic rings. The van der Waals surface area contributed by atoms with Crippen LogP contribution >= 0.6 is 0 Å². The van der Waals surface area contributed by atoms with Gasteiger partial charge in [0.2, 0.25) is 5.91 Å². The Bertz CT molecular complexity index is 421. The van der Waals surface area contributed by atoms with Gasteiger partial charge in [0.05, 0.1) is 6.54 Å². The summed E-state index contributed by atoms with van der Waals surface area (Å²) in [6, 6.07) is 0. The van der Waals surface area contributed by atoms with Gasteiger partial charge in [0.1, 0.15) is 18.0 Å². The van der Waals surface area contributed by atoms with Crippen molar-refractivity contribution >= 4 is 17.5 Å². The minimum Gasteiger partial charge on any atom is -0.383 e. The number of rotatable bonds is 8. The number of anilines is 2. The van der Waals surface area contributed by atoms with Gasteiger partial charge < -0.3 is 16.4 Å². The number of unbranched alkanes of at least 4 members (excludes halogenated alkanes) is 1. The number of nitrogen functional groups attached to an aromatic ring is 1. The Kier molecular flexibility index (Phi) is 6.05. The number of primary amides is 1. The molecule has 0 saturated carbocycles. The zero-order chi connectivity index (χ0) is 14.3. The molecule has 0 bridgehead atoms. The van der Waals surface area contributed by atoms with Gasteiger partial charge >= 0.3 is 0 Å². The Balaban J connectivity index is 3.05. The Hall–Kier alpha value is -1.85. The Morgan fingerprint density at radius 3 is 2.63 bits per heavy atom. The van der Waals surface area contributed by atoms with Crippen molar-refractivity contribution < 1.29 is 4.79 Å². The second-order valence-corrected chi connectivity index (χ2v) is 4.55. The first kappa shape index (κ1) is 15.2. The van der Waals surface area contributed by atoms with Crippen molar-refractivity contribution in [1.29, 1.82) is 0 Å². The monoisotopic (exact) mass is 265 g/mol. The fourth-order valence-corrected chi connectivity index (χ4v) is 1.98. The Morgan fingerprint density at radius 2 is 2.05 bits per heavy atom. The summed E-state index contributed by atoms with van der Waals surface area (Å²) in [4.78, 5) is 21.4. The lowest BCUT2D eigenvalue weighted by atomic mass is 10.1. The maximum atomic E-state index is 11.2. The summed E-state index contributed by atoms with van der Waals surface area (Å²) in [5, 5.41) is 0. The summed E-state index contributed by atoms with van der Waals surface area (Å²) in [5.41, 5.74) is 12.1. The number of carbonyl (C=O) groups is 1. The maximum Gasteiger partial charge on any atom is 0.236 e. The third-order valence-corrected chi connectivity index (χ3v) is 2.88. The van der Waals surface area contributed by atoms with Crippen molar-refractivity contribution in [3.63, 3.8) is 0 Å². The first-order chi connectivity index (χ1) is 9.10. The molecular formula is C13H23N5O. The molecule has 0 spiro atoms. The van der Waals surface area contributed by atoms with E-state index in [2.05, 4.69) is 23.8 Å². The average molecular weight is 265 g/mol. The van der Waals surface area contributed by atoms with Crippen molar-refractivity contribution in [3.05, 3.63) is 11.9 Å². The van der Waals surface area contributed by atoms with Crippen molar-refractivity contribution in [2.45, 2.75) is 39.5 Å². The normalized spacial score (nSPS) is 10.4. The molecule has 0 saturated heterocycles. The van der Waals surface area contributed by atoms with Crippen molar-refractivity contribution in [2.24, 2.45) is 5.73 Å². The molecule has 0 atom stereocenters. The van der Waals surface area contributed by atoms with Crippen molar-refractivity contribution in [3.8, 4) is 0 Å². The van der Waals surface area contributed by atoms with Gasteiger partial charge in [-0.15, -0.1) is 0 Å². The fourth-order valence-electron chi connectivity index (χ4n) is 1.98. The quantitative estimate of drug-likeness (QED) is 0.733. The van der Waals surface area contributed by atoms with E-state index < -0.39 is 0 Å². The molecule has 0 aromatic carbocycles. The van der Waals surface area contributed by atoms with Gasteiger partial charge in [-0.1, -0.05) is 26.7 Å². The lowest BCUT2D eigenvalue weighted by molar-refractivity contribution is -0.116. The highest BCUT2D eigenvalue weighted by atomic mass is 16.1. The molecule has 0 fully saturated rings. The highest BCUT2D eigenvalue weighted by molar-refractivity contribution is 5.79. The molecular weight excluding hydrogens is 242 g/mol. The highest BCUT2D eigenvalue weighted by Crippen LogP contribution is 2.23. The van der Waals surface area contributed by atoms with E-state index >= 15 is 0 Å². The second kappa shape index (κ2) is 7.56. The number of nitrogens with two attached hydrogens (primary N) is 2. The summed E-state index contributed by atoms with van der Waals surface area (Å²) in [6.07, 6.45) is 5.19. The minimum absolute atomic E-state index is 0.160. The third kappa shape index (κ3) is 4.39. The molecule has 0 aliphatic heterocycles. The van der Waals surface area contributed by atoms with Crippen LogP contribution in [-0.4, -0.2) is 29.0 Å². The van der Waals surface area contributed by atoms with Crippen LogP contribution in [0, 0.1) is 0 Å². The zero-order valence-electron chi connectivity index (χ0n) is 11.7. The number of carbonyl (C=O) groups excluding carboxylic acids is 1. The second-order valence-electron chi connectivity index (χ2n) is 4.55. The van der Waals surface area contributed by atoms with E-state index in [1.807, 2.05) is 4.90 Å². The third-order valence-electron chi connectivity index (χ3n) is 2.88. The first-order valence-electron chi connectivity index (χ1n) is 6.72. The molecule has 0 aliphatic carbocycles. The number of hydrogen-bond donors (Lipinski definition) is 2. The predicted molar refractivity (Wildman–Crippen MR) is 76.8 cm³/mol. The van der Waals surface area contributed by atoms with Crippen LogP contribution in [-0.2, 0) is 11.2 Å². The minimum atomic E-state index is -0.365. The van der Waals surface area contributed by atoms with E-state index in [0.717, 1.165) is 43.6 Å². The molecule has 6 heteroatoms. The van der Waals surface area contributed by atoms with Crippen LogP contribution in [0.15, 0.2) is 6.33 Å². The Labute approximate surface area is 114 Å². The fraction of sp³-hybridized carbons (Fsp3) is 0.615. The van der Waals surface area contributed by atoms with Crippen LogP contribution < -0.4 is 16.4 Å². The molecule has 19 heavy (non-hydrogen) atoms. The van der Waals surface area contributed by atoms with Crippen LogP contribution in [0.5, 0.6) is 0 Å². The number of aromatic nitrogens is 2. The zero-order valence-corrected chi connectivity index (χ0v) is 11.7. The lowest BCUT2D eigenvalue weighted by Crippen LogP contribution is -2.36. The number of amides is 1. The van der Waals surface area contributed by atoms with Crippen LogP contribution in [0.2, 0.25) is 0 Å². The van der Waals surface area contributed by atoms with Crippen LogP contribution in [0.4, 0.5) is 11.6 Å². The molecule has 106 valence electrons. The first-order valence-corrected chi connectivity index (χ1v) is 6.72. The summed E-state index contributed by atoms with van der Waals surface area (Å²) in [7, 11) is 0. The van der Waals surface area contributed by atoms with E-state index in [4.69, 9.17) is 11.5 Å². The largest absolute Gasteiger partial charge is 0.383 e. The van der Waals surface area contributed by atoms with Gasteiger partial charge in [-0.3, -0.25) is 4.79 Å². The molecule has 1 aromatic heterocycles. The van der Waals surface area contributed by atoms with Gasteiger partial charge in [-0.2, -0.15) is 0 Å². The van der Waals surface area contributed by atoms with Crippen molar-refractivity contribution in [2.75, 3.05) is 23.7 Å². The maximum absolute atomic E-state index is 11.2. The van der Waals surface area contributed by atoms with E-state index in [-0.39, 0.29) is 12.5 Å². The van der Waals surface area contributed by atoms with E-state index in [1.54, 1.807) is 0 Å². The molecule has 1 heterocycles. The summed E-state index contributed by atoms with van der Waals surface area (Å²) in [5.74, 6) is 0.857.